The van der Waals surface area contributed by atoms with Crippen LogP contribution in [-0.2, 0) is 11.3 Å². The number of hydrogen-bond acceptors (Lipinski definition) is 6. The molecule has 1 fully saturated rings. The molecule has 9 heteroatoms. The molecule has 4 aromatic rings. The average Bonchev–Trinajstić information content (AvgIpc) is 3.22. The number of nitrogens with two attached hydrogens (primary N) is 1. The van der Waals surface area contributed by atoms with Crippen LogP contribution in [0.1, 0.15) is 29.1 Å². The second kappa shape index (κ2) is 8.28. The zero-order chi connectivity index (χ0) is 23.3. The second-order valence-corrected chi connectivity index (χ2v) is 9.87. The van der Waals surface area contributed by atoms with Gasteiger partial charge in [0.2, 0.25) is 5.91 Å². The minimum absolute atomic E-state index is 0.0754. The molecular formula is C24H22ClN5O2S. The number of piperazine rings is 1. The summed E-state index contributed by atoms with van der Waals surface area (Å²) in [4.78, 5) is 39.0. The Labute approximate surface area is 199 Å². The third-order valence-corrected chi connectivity index (χ3v) is 7.46. The van der Waals surface area contributed by atoms with Gasteiger partial charge in [-0.1, -0.05) is 23.7 Å². The molecule has 1 saturated heterocycles. The van der Waals surface area contributed by atoms with E-state index in [9.17, 15) is 9.59 Å². The van der Waals surface area contributed by atoms with E-state index in [1.807, 2.05) is 54.3 Å². The normalized spacial score (nSPS) is 18.9. The van der Waals surface area contributed by atoms with Gasteiger partial charge in [-0.05, 0) is 55.1 Å². The molecule has 7 nitrogen and oxygen atoms in total. The number of aromatic nitrogens is 2. The summed E-state index contributed by atoms with van der Waals surface area (Å²) < 4.78 is 0.956. The molecule has 33 heavy (non-hydrogen) atoms. The number of carbonyl (C=O) groups excluding carboxylic acids is 2. The molecule has 1 aliphatic rings. The number of amides is 2. The van der Waals surface area contributed by atoms with E-state index in [1.54, 1.807) is 11.8 Å². The summed E-state index contributed by atoms with van der Waals surface area (Å²) in [5.74, 6) is 0.228. The van der Waals surface area contributed by atoms with Crippen LogP contribution in [0.4, 0.5) is 5.82 Å². The third-order valence-electron chi connectivity index (χ3n) is 6.14. The first-order valence-corrected chi connectivity index (χ1v) is 11.8. The first-order valence-electron chi connectivity index (χ1n) is 10.6. The summed E-state index contributed by atoms with van der Waals surface area (Å²) in [5, 5.41) is 2.39. The van der Waals surface area contributed by atoms with Crippen molar-refractivity contribution in [3.63, 3.8) is 0 Å². The zero-order valence-corrected chi connectivity index (χ0v) is 19.7. The van der Waals surface area contributed by atoms with Crippen LogP contribution < -0.4 is 5.73 Å². The van der Waals surface area contributed by atoms with E-state index in [4.69, 9.17) is 17.3 Å². The summed E-state index contributed by atoms with van der Waals surface area (Å²) in [6.07, 6.45) is 1.43. The van der Waals surface area contributed by atoms with Crippen molar-refractivity contribution < 1.29 is 9.59 Å². The van der Waals surface area contributed by atoms with Gasteiger partial charge in [0.25, 0.3) is 5.91 Å². The van der Waals surface area contributed by atoms with Gasteiger partial charge in [0.05, 0.1) is 10.4 Å². The summed E-state index contributed by atoms with van der Waals surface area (Å²) in [7, 11) is 0. The smallest absolute Gasteiger partial charge is 0.264 e. The zero-order valence-electron chi connectivity index (χ0n) is 18.2. The van der Waals surface area contributed by atoms with E-state index < -0.39 is 6.04 Å². The molecule has 2 N–H and O–H groups in total. The van der Waals surface area contributed by atoms with Crippen molar-refractivity contribution in [2.24, 2.45) is 0 Å². The topological polar surface area (TPSA) is 92.4 Å². The van der Waals surface area contributed by atoms with E-state index >= 15 is 0 Å². The molecule has 0 bridgehead atoms. The van der Waals surface area contributed by atoms with Gasteiger partial charge in [0.1, 0.15) is 18.2 Å². The SMILES string of the molecule is CC1CN(C(=O)c2cc3ccc(Cl)cc3s2)[C@@H](C)C(=O)N1Cc1ccc2c(N)ncnc2c1. The Hall–Kier alpha value is -3.23. The molecule has 2 atom stereocenters. The fourth-order valence-corrected chi connectivity index (χ4v) is 5.59. The molecule has 0 spiro atoms. The number of halogens is 1. The maximum Gasteiger partial charge on any atom is 0.264 e. The number of carbonyl (C=O) groups is 2. The number of fused-ring (bicyclic) bond motifs is 2. The van der Waals surface area contributed by atoms with Crippen LogP contribution >= 0.6 is 22.9 Å². The highest BCUT2D eigenvalue weighted by molar-refractivity contribution is 7.20. The minimum Gasteiger partial charge on any atom is -0.383 e. The molecule has 5 rings (SSSR count). The van der Waals surface area contributed by atoms with Crippen LogP contribution in [0.3, 0.4) is 0 Å². The quantitative estimate of drug-likeness (QED) is 0.471. The van der Waals surface area contributed by atoms with Crippen LogP contribution in [0, 0.1) is 0 Å². The maximum absolute atomic E-state index is 13.3. The monoisotopic (exact) mass is 479 g/mol. The largest absolute Gasteiger partial charge is 0.383 e. The number of rotatable bonds is 3. The predicted octanol–water partition coefficient (Wildman–Crippen LogP) is 4.34. The Morgan fingerprint density at radius 1 is 1.18 bits per heavy atom. The minimum atomic E-state index is -0.555. The first-order chi connectivity index (χ1) is 15.8. The first kappa shape index (κ1) is 21.6. The van der Waals surface area contributed by atoms with Gasteiger partial charge in [0, 0.05) is 34.2 Å². The number of benzene rings is 2. The summed E-state index contributed by atoms with van der Waals surface area (Å²) >= 11 is 7.49. The molecule has 1 unspecified atom stereocenters. The highest BCUT2D eigenvalue weighted by Gasteiger charge is 2.39. The fourth-order valence-electron chi connectivity index (χ4n) is 4.29. The molecule has 2 aromatic carbocycles. The highest BCUT2D eigenvalue weighted by atomic mass is 35.5. The molecule has 0 radical (unpaired) electrons. The van der Waals surface area contributed by atoms with E-state index in [0.717, 1.165) is 26.6 Å². The van der Waals surface area contributed by atoms with Gasteiger partial charge in [-0.3, -0.25) is 9.59 Å². The van der Waals surface area contributed by atoms with Crippen LogP contribution in [0.2, 0.25) is 5.02 Å². The van der Waals surface area contributed by atoms with Crippen molar-refractivity contribution in [2.45, 2.75) is 32.5 Å². The van der Waals surface area contributed by atoms with E-state index in [0.29, 0.717) is 28.8 Å². The van der Waals surface area contributed by atoms with Crippen molar-refractivity contribution in [1.82, 2.24) is 19.8 Å². The Morgan fingerprint density at radius 3 is 2.82 bits per heavy atom. The van der Waals surface area contributed by atoms with Gasteiger partial charge in [-0.25, -0.2) is 9.97 Å². The van der Waals surface area contributed by atoms with Crippen molar-refractivity contribution >= 4 is 61.6 Å². The van der Waals surface area contributed by atoms with Crippen LogP contribution in [-0.4, -0.2) is 50.2 Å². The lowest BCUT2D eigenvalue weighted by atomic mass is 10.0. The number of nitrogen functional groups attached to an aromatic ring is 1. The van der Waals surface area contributed by atoms with E-state index in [2.05, 4.69) is 9.97 Å². The maximum atomic E-state index is 13.3. The number of hydrogen-bond donors (Lipinski definition) is 1. The predicted molar refractivity (Wildman–Crippen MR) is 131 cm³/mol. The lowest BCUT2D eigenvalue weighted by Gasteiger charge is -2.43. The Morgan fingerprint density at radius 2 is 2.00 bits per heavy atom. The molecule has 0 aliphatic carbocycles. The van der Waals surface area contributed by atoms with E-state index in [-0.39, 0.29) is 17.9 Å². The Bertz CT molecular complexity index is 1400. The Kier molecular flexibility index (Phi) is 5.42. The molecular weight excluding hydrogens is 458 g/mol. The number of nitrogens with zero attached hydrogens (tertiary/aromatic N) is 4. The molecule has 1 aliphatic heterocycles. The third kappa shape index (κ3) is 3.89. The number of thiophene rings is 1. The van der Waals surface area contributed by atoms with E-state index in [1.165, 1.54) is 17.7 Å². The van der Waals surface area contributed by atoms with Gasteiger partial charge in [-0.15, -0.1) is 11.3 Å². The van der Waals surface area contributed by atoms with Crippen LogP contribution in [0.15, 0.2) is 48.8 Å². The van der Waals surface area contributed by atoms with Gasteiger partial charge < -0.3 is 15.5 Å². The number of anilines is 1. The van der Waals surface area contributed by atoms with Crippen molar-refractivity contribution in [2.75, 3.05) is 12.3 Å². The Balaban J connectivity index is 1.36. The summed E-state index contributed by atoms with van der Waals surface area (Å²) in [6, 6.07) is 12.5. The average molecular weight is 480 g/mol. The van der Waals surface area contributed by atoms with Crippen molar-refractivity contribution in [1.29, 1.82) is 0 Å². The molecule has 168 valence electrons. The lowest BCUT2D eigenvalue weighted by molar-refractivity contribution is -0.143. The van der Waals surface area contributed by atoms with Crippen molar-refractivity contribution in [3.8, 4) is 0 Å². The fraction of sp³-hybridized carbons (Fsp3) is 0.250. The summed E-state index contributed by atoms with van der Waals surface area (Å²) in [6.45, 7) is 4.66. The highest BCUT2D eigenvalue weighted by Crippen LogP contribution is 2.31. The standard InChI is InChI=1S/C24H22ClN5O2S/c1-13-10-30(24(32)21-8-16-4-5-17(25)9-20(16)33-21)14(2)23(31)29(13)11-15-3-6-18-19(7-15)27-12-28-22(18)26/h3-9,12-14H,10-11H2,1-2H3,(H2,26,27,28)/t13?,14-/m0/s1. The van der Waals surface area contributed by atoms with Gasteiger partial charge in [0.15, 0.2) is 0 Å². The molecule has 3 heterocycles. The second-order valence-electron chi connectivity index (χ2n) is 8.35. The van der Waals surface area contributed by atoms with Gasteiger partial charge in [-0.2, -0.15) is 0 Å². The molecule has 2 aromatic heterocycles. The molecule has 0 saturated carbocycles. The summed E-state index contributed by atoms with van der Waals surface area (Å²) in [5.41, 5.74) is 7.61. The lowest BCUT2D eigenvalue weighted by Crippen LogP contribution is -2.60. The van der Waals surface area contributed by atoms with Crippen LogP contribution in [0.5, 0.6) is 0 Å². The van der Waals surface area contributed by atoms with Gasteiger partial charge >= 0.3 is 0 Å². The van der Waals surface area contributed by atoms with Crippen LogP contribution in [0.25, 0.3) is 21.0 Å². The van der Waals surface area contributed by atoms with Crippen molar-refractivity contribution in [3.05, 3.63) is 64.3 Å². The molecule has 2 amide bonds.